The van der Waals surface area contributed by atoms with Crippen LogP contribution in [0, 0.1) is 17.0 Å². The van der Waals surface area contributed by atoms with E-state index in [0.717, 1.165) is 5.56 Å². The van der Waals surface area contributed by atoms with Gasteiger partial charge in [0.1, 0.15) is 5.75 Å². The molecule has 0 bridgehead atoms. The lowest BCUT2D eigenvalue weighted by Gasteiger charge is -2.10. The summed E-state index contributed by atoms with van der Waals surface area (Å²) in [6, 6.07) is 9.26. The van der Waals surface area contributed by atoms with E-state index < -0.39 is 16.7 Å². The number of hydrogen-bond acceptors (Lipinski definition) is 7. The quantitative estimate of drug-likeness (QED) is 0.338. The molecule has 0 heterocycles. The number of nitrogens with zero attached hydrogens (tertiary/aromatic N) is 2. The van der Waals surface area contributed by atoms with Gasteiger partial charge in [-0.05, 0) is 36.8 Å². The minimum absolute atomic E-state index is 0.0951. The van der Waals surface area contributed by atoms with Gasteiger partial charge in [0.2, 0.25) is 0 Å². The Kier molecular flexibility index (Phi) is 6.63. The number of nitro groups is 1. The third-order valence-corrected chi connectivity index (χ3v) is 3.59. The molecular formula is C18H18N4O6. The lowest BCUT2D eigenvalue weighted by atomic mass is 10.2. The molecular weight excluding hydrogens is 368 g/mol. The Morgan fingerprint density at radius 1 is 1.07 bits per heavy atom. The fraction of sp³-hybridized carbons (Fsp3) is 0.167. The highest BCUT2D eigenvalue weighted by atomic mass is 16.6. The summed E-state index contributed by atoms with van der Waals surface area (Å²) < 4.78 is 10.0. The summed E-state index contributed by atoms with van der Waals surface area (Å²) in [5.74, 6) is -1.46. The lowest BCUT2D eigenvalue weighted by molar-refractivity contribution is -0.385. The van der Waals surface area contributed by atoms with Crippen LogP contribution in [0.2, 0.25) is 0 Å². The second-order valence-electron chi connectivity index (χ2n) is 5.55. The summed E-state index contributed by atoms with van der Waals surface area (Å²) in [6.07, 6.45) is 1.17. The Morgan fingerprint density at radius 2 is 1.75 bits per heavy atom. The molecule has 2 aromatic carbocycles. The number of nitrogens with one attached hydrogen (secondary N) is 2. The third kappa shape index (κ3) is 5.04. The van der Waals surface area contributed by atoms with Gasteiger partial charge in [0.15, 0.2) is 5.75 Å². The maximum absolute atomic E-state index is 12.0. The molecule has 10 heteroatoms. The molecule has 146 valence electrons. The number of hydrogen-bond donors (Lipinski definition) is 2. The molecule has 28 heavy (non-hydrogen) atoms. The van der Waals surface area contributed by atoms with Gasteiger partial charge in [0, 0.05) is 11.6 Å². The topological polar surface area (TPSA) is 132 Å². The van der Waals surface area contributed by atoms with Crippen molar-refractivity contribution in [2.24, 2.45) is 5.10 Å². The second-order valence-corrected chi connectivity index (χ2v) is 5.55. The molecule has 0 atom stereocenters. The smallest absolute Gasteiger partial charge is 0.329 e. The number of methoxy groups -OCH3 is 2. The van der Waals surface area contributed by atoms with Crippen molar-refractivity contribution in [2.75, 3.05) is 19.5 Å². The third-order valence-electron chi connectivity index (χ3n) is 3.59. The molecule has 0 aliphatic carbocycles. The van der Waals surface area contributed by atoms with Crippen LogP contribution in [0.15, 0.2) is 41.5 Å². The van der Waals surface area contributed by atoms with Crippen molar-refractivity contribution in [1.82, 2.24) is 5.43 Å². The van der Waals surface area contributed by atoms with Crippen molar-refractivity contribution < 1.29 is 24.0 Å². The first-order valence-corrected chi connectivity index (χ1v) is 7.97. The van der Waals surface area contributed by atoms with Crippen LogP contribution >= 0.6 is 0 Å². The molecule has 0 aliphatic rings. The first-order chi connectivity index (χ1) is 13.3. The molecule has 0 unspecified atom stereocenters. The zero-order chi connectivity index (χ0) is 20.7. The fourth-order valence-corrected chi connectivity index (χ4v) is 2.24. The number of nitro benzene ring substituents is 1. The molecule has 0 fully saturated rings. The molecule has 0 saturated heterocycles. The number of ether oxygens (including phenoxy) is 2. The van der Waals surface area contributed by atoms with Crippen LogP contribution in [-0.4, -0.2) is 37.2 Å². The van der Waals surface area contributed by atoms with Crippen molar-refractivity contribution in [1.29, 1.82) is 0 Å². The van der Waals surface area contributed by atoms with E-state index >= 15 is 0 Å². The van der Waals surface area contributed by atoms with Gasteiger partial charge in [-0.2, -0.15) is 5.10 Å². The predicted molar refractivity (Wildman–Crippen MR) is 102 cm³/mol. The Hall–Kier alpha value is -3.95. The van der Waals surface area contributed by atoms with Crippen LogP contribution in [0.5, 0.6) is 11.5 Å². The lowest BCUT2D eigenvalue weighted by Crippen LogP contribution is -2.32. The summed E-state index contributed by atoms with van der Waals surface area (Å²) in [4.78, 5) is 34.3. The fourth-order valence-electron chi connectivity index (χ4n) is 2.24. The maximum Gasteiger partial charge on any atom is 0.329 e. The molecule has 0 radical (unpaired) electrons. The number of carbonyl (C=O) groups excluding carboxylic acids is 2. The van der Waals surface area contributed by atoms with Crippen molar-refractivity contribution >= 4 is 29.4 Å². The highest BCUT2D eigenvalue weighted by molar-refractivity contribution is 6.39. The zero-order valence-corrected chi connectivity index (χ0v) is 15.4. The molecule has 10 nitrogen and oxygen atoms in total. The molecule has 2 rings (SSSR count). The highest BCUT2D eigenvalue weighted by Gasteiger charge is 2.16. The van der Waals surface area contributed by atoms with Gasteiger partial charge in [0.25, 0.3) is 0 Å². The van der Waals surface area contributed by atoms with Crippen LogP contribution in [0.4, 0.5) is 11.4 Å². The van der Waals surface area contributed by atoms with E-state index in [1.54, 1.807) is 18.2 Å². The maximum atomic E-state index is 12.0. The SMILES string of the molecule is COc1ccc(C)cc1NC(=O)C(=O)N/N=C/c1ccc(OC)c([N+](=O)[O-])c1. The molecule has 2 N–H and O–H groups in total. The van der Waals surface area contributed by atoms with Crippen LogP contribution in [0.25, 0.3) is 0 Å². The molecule has 0 aromatic heterocycles. The Bertz CT molecular complexity index is 942. The largest absolute Gasteiger partial charge is 0.495 e. The standard InChI is InChI=1S/C18H18N4O6/c1-11-4-6-15(27-2)13(8-11)20-17(23)18(24)21-19-10-12-5-7-16(28-3)14(9-12)22(25)26/h4-10H,1-3H3,(H,20,23)(H,21,24)/b19-10+. The number of amides is 2. The molecule has 0 saturated carbocycles. The van der Waals surface area contributed by atoms with Crippen LogP contribution in [-0.2, 0) is 9.59 Å². The average molecular weight is 386 g/mol. The van der Waals surface area contributed by atoms with E-state index in [1.807, 2.05) is 6.92 Å². The number of carbonyl (C=O) groups is 2. The van der Waals surface area contributed by atoms with Gasteiger partial charge in [-0.15, -0.1) is 0 Å². The van der Waals surface area contributed by atoms with E-state index in [4.69, 9.17) is 9.47 Å². The van der Waals surface area contributed by atoms with E-state index in [9.17, 15) is 19.7 Å². The van der Waals surface area contributed by atoms with E-state index in [1.165, 1.54) is 38.6 Å². The molecule has 0 aliphatic heterocycles. The summed E-state index contributed by atoms with van der Waals surface area (Å²) in [6.45, 7) is 1.83. The number of benzene rings is 2. The van der Waals surface area contributed by atoms with Crippen LogP contribution in [0.1, 0.15) is 11.1 Å². The summed E-state index contributed by atoms with van der Waals surface area (Å²) in [5.41, 5.74) is 3.37. The Balaban J connectivity index is 2.04. The number of hydrazone groups is 1. The van der Waals surface area contributed by atoms with E-state index in [2.05, 4.69) is 15.8 Å². The summed E-state index contributed by atoms with van der Waals surface area (Å²) in [7, 11) is 2.76. The van der Waals surface area contributed by atoms with Gasteiger partial charge in [-0.25, -0.2) is 5.43 Å². The first kappa shape index (κ1) is 20.4. The normalized spacial score (nSPS) is 10.4. The number of anilines is 1. The minimum Gasteiger partial charge on any atom is -0.495 e. The van der Waals surface area contributed by atoms with Crippen molar-refractivity contribution in [3.05, 3.63) is 57.6 Å². The van der Waals surface area contributed by atoms with E-state index in [0.29, 0.717) is 17.0 Å². The summed E-state index contributed by atoms with van der Waals surface area (Å²) >= 11 is 0. The van der Waals surface area contributed by atoms with Gasteiger partial charge in [-0.1, -0.05) is 6.07 Å². The van der Waals surface area contributed by atoms with Crippen molar-refractivity contribution in [3.8, 4) is 11.5 Å². The molecule has 0 spiro atoms. The minimum atomic E-state index is -1.01. The zero-order valence-electron chi connectivity index (χ0n) is 15.4. The Morgan fingerprint density at radius 3 is 2.39 bits per heavy atom. The highest BCUT2D eigenvalue weighted by Crippen LogP contribution is 2.27. The van der Waals surface area contributed by atoms with Crippen molar-refractivity contribution in [2.45, 2.75) is 6.92 Å². The van der Waals surface area contributed by atoms with Gasteiger partial charge < -0.3 is 14.8 Å². The number of rotatable bonds is 6. The van der Waals surface area contributed by atoms with Crippen LogP contribution in [0.3, 0.4) is 0 Å². The van der Waals surface area contributed by atoms with Gasteiger partial charge >= 0.3 is 17.5 Å². The summed E-state index contributed by atoms with van der Waals surface area (Å²) in [5, 5.41) is 17.1. The van der Waals surface area contributed by atoms with E-state index in [-0.39, 0.29) is 11.4 Å². The van der Waals surface area contributed by atoms with Crippen molar-refractivity contribution in [3.63, 3.8) is 0 Å². The number of aryl methyl sites for hydroxylation is 1. The predicted octanol–water partition coefficient (Wildman–Crippen LogP) is 2.01. The Labute approximate surface area is 160 Å². The average Bonchev–Trinajstić information content (AvgIpc) is 2.67. The monoisotopic (exact) mass is 386 g/mol. The molecule has 2 amide bonds. The second kappa shape index (κ2) is 9.12. The first-order valence-electron chi connectivity index (χ1n) is 7.97. The van der Waals surface area contributed by atoms with Gasteiger partial charge in [0.05, 0.1) is 31.0 Å². The van der Waals surface area contributed by atoms with Gasteiger partial charge in [-0.3, -0.25) is 19.7 Å². The van der Waals surface area contributed by atoms with Crippen LogP contribution < -0.4 is 20.2 Å². The molecule has 2 aromatic rings.